The van der Waals surface area contributed by atoms with Crippen LogP contribution in [0.1, 0.15) is 30.5 Å². The molecule has 1 saturated heterocycles. The minimum absolute atomic E-state index is 0.0485. The lowest BCUT2D eigenvalue weighted by atomic mass is 9.99. The Bertz CT molecular complexity index is 407. The lowest BCUT2D eigenvalue weighted by Gasteiger charge is -2.31. The summed E-state index contributed by atoms with van der Waals surface area (Å²) in [6.45, 7) is 5.75. The van der Waals surface area contributed by atoms with Gasteiger partial charge in [0.05, 0.1) is 18.8 Å². The summed E-state index contributed by atoms with van der Waals surface area (Å²) in [5, 5.41) is 3.45. The fourth-order valence-electron chi connectivity index (χ4n) is 2.34. The maximum atomic E-state index is 14.1. The van der Waals surface area contributed by atoms with Gasteiger partial charge in [-0.25, -0.2) is 4.39 Å². The molecule has 0 saturated carbocycles. The zero-order chi connectivity index (χ0) is 13.7. The van der Waals surface area contributed by atoms with Gasteiger partial charge in [-0.2, -0.15) is 11.8 Å². The first-order chi connectivity index (χ1) is 9.22. The largest absolute Gasteiger partial charge is 0.375 e. The number of ether oxygens (including phenoxy) is 1. The van der Waals surface area contributed by atoms with E-state index in [9.17, 15) is 4.39 Å². The van der Waals surface area contributed by atoms with E-state index < -0.39 is 0 Å². The molecule has 0 bridgehead atoms. The number of rotatable bonds is 5. The zero-order valence-corrected chi connectivity index (χ0v) is 12.4. The SMILES string of the molecule is CCCNC(c1cc(C)ccc1F)C1CSCCO1. The number of thioether (sulfide) groups is 1. The van der Waals surface area contributed by atoms with E-state index >= 15 is 0 Å². The van der Waals surface area contributed by atoms with Gasteiger partial charge in [0.1, 0.15) is 5.82 Å². The molecule has 0 aromatic heterocycles. The highest BCUT2D eigenvalue weighted by molar-refractivity contribution is 7.99. The van der Waals surface area contributed by atoms with Gasteiger partial charge in [0.15, 0.2) is 0 Å². The standard InChI is InChI=1S/C15H22FNOS/c1-3-6-17-15(14-10-19-8-7-18-14)12-9-11(2)4-5-13(12)16/h4-5,9,14-15,17H,3,6-8,10H2,1-2H3. The summed E-state index contributed by atoms with van der Waals surface area (Å²) in [5.41, 5.74) is 1.82. The number of benzene rings is 1. The van der Waals surface area contributed by atoms with Crippen LogP contribution < -0.4 is 5.32 Å². The minimum Gasteiger partial charge on any atom is -0.375 e. The molecular formula is C15H22FNOS. The van der Waals surface area contributed by atoms with Crippen molar-refractivity contribution < 1.29 is 9.13 Å². The Morgan fingerprint density at radius 1 is 1.53 bits per heavy atom. The molecule has 1 aliphatic heterocycles. The van der Waals surface area contributed by atoms with Crippen molar-refractivity contribution in [2.24, 2.45) is 0 Å². The zero-order valence-electron chi connectivity index (χ0n) is 11.6. The summed E-state index contributed by atoms with van der Waals surface area (Å²) in [6.07, 6.45) is 1.09. The molecule has 2 atom stereocenters. The Morgan fingerprint density at radius 2 is 2.37 bits per heavy atom. The van der Waals surface area contributed by atoms with Crippen molar-refractivity contribution >= 4 is 11.8 Å². The van der Waals surface area contributed by atoms with Crippen molar-refractivity contribution in [2.45, 2.75) is 32.4 Å². The Kier molecular flexibility index (Phi) is 5.67. The van der Waals surface area contributed by atoms with Gasteiger partial charge >= 0.3 is 0 Å². The predicted molar refractivity (Wildman–Crippen MR) is 79.2 cm³/mol. The van der Waals surface area contributed by atoms with E-state index in [1.54, 1.807) is 6.07 Å². The molecule has 1 fully saturated rings. The molecule has 1 aromatic carbocycles. The van der Waals surface area contributed by atoms with E-state index in [0.29, 0.717) is 0 Å². The molecule has 1 N–H and O–H groups in total. The van der Waals surface area contributed by atoms with Crippen molar-refractivity contribution in [3.63, 3.8) is 0 Å². The van der Waals surface area contributed by atoms with E-state index in [4.69, 9.17) is 4.74 Å². The van der Waals surface area contributed by atoms with Crippen LogP contribution in [0.15, 0.2) is 18.2 Å². The predicted octanol–water partition coefficient (Wildman–Crippen LogP) is 3.31. The maximum absolute atomic E-state index is 14.1. The first kappa shape index (κ1) is 14.8. The van der Waals surface area contributed by atoms with Crippen LogP contribution in [0.5, 0.6) is 0 Å². The molecule has 0 radical (unpaired) electrons. The first-order valence-electron chi connectivity index (χ1n) is 6.91. The summed E-state index contributed by atoms with van der Waals surface area (Å²) in [7, 11) is 0. The van der Waals surface area contributed by atoms with Crippen molar-refractivity contribution in [3.8, 4) is 0 Å². The van der Waals surface area contributed by atoms with Gasteiger partial charge < -0.3 is 10.1 Å². The molecular weight excluding hydrogens is 261 g/mol. The molecule has 2 nitrogen and oxygen atoms in total. The average molecular weight is 283 g/mol. The Labute approximate surface area is 119 Å². The second-order valence-corrected chi connectivity index (χ2v) is 6.09. The molecule has 106 valence electrons. The maximum Gasteiger partial charge on any atom is 0.128 e. The van der Waals surface area contributed by atoms with E-state index in [1.807, 2.05) is 30.8 Å². The highest BCUT2D eigenvalue weighted by atomic mass is 32.2. The average Bonchev–Trinajstić information content (AvgIpc) is 2.44. The summed E-state index contributed by atoms with van der Waals surface area (Å²) in [5.74, 6) is 1.82. The molecule has 19 heavy (non-hydrogen) atoms. The third-order valence-electron chi connectivity index (χ3n) is 3.31. The molecule has 1 aliphatic rings. The molecule has 1 heterocycles. The Morgan fingerprint density at radius 3 is 3.05 bits per heavy atom. The van der Waals surface area contributed by atoms with Crippen molar-refractivity contribution in [1.29, 1.82) is 0 Å². The second kappa shape index (κ2) is 7.27. The smallest absolute Gasteiger partial charge is 0.128 e. The van der Waals surface area contributed by atoms with Gasteiger partial charge in [0.25, 0.3) is 0 Å². The third-order valence-corrected chi connectivity index (χ3v) is 4.33. The molecule has 4 heteroatoms. The lowest BCUT2D eigenvalue weighted by molar-refractivity contribution is 0.0458. The number of aryl methyl sites for hydroxylation is 1. The van der Waals surface area contributed by atoms with Gasteiger partial charge in [-0.3, -0.25) is 0 Å². The van der Waals surface area contributed by atoms with Crippen LogP contribution in [0.3, 0.4) is 0 Å². The van der Waals surface area contributed by atoms with E-state index in [-0.39, 0.29) is 18.0 Å². The van der Waals surface area contributed by atoms with Crippen LogP contribution >= 0.6 is 11.8 Å². The summed E-state index contributed by atoms with van der Waals surface area (Å²) in [6, 6.07) is 5.26. The number of nitrogens with one attached hydrogen (secondary N) is 1. The van der Waals surface area contributed by atoms with Gasteiger partial charge in [-0.1, -0.05) is 24.6 Å². The fourth-order valence-corrected chi connectivity index (χ4v) is 3.24. The second-order valence-electron chi connectivity index (χ2n) is 4.94. The van der Waals surface area contributed by atoms with Crippen molar-refractivity contribution in [2.75, 3.05) is 24.7 Å². The Balaban J connectivity index is 2.22. The Hall–Kier alpha value is -0.580. The van der Waals surface area contributed by atoms with Crippen LogP contribution in [0, 0.1) is 12.7 Å². The van der Waals surface area contributed by atoms with Crippen LogP contribution in [0.25, 0.3) is 0 Å². The number of halogens is 1. The molecule has 0 amide bonds. The van der Waals surface area contributed by atoms with Crippen LogP contribution in [0.2, 0.25) is 0 Å². The van der Waals surface area contributed by atoms with Gasteiger partial charge in [-0.15, -0.1) is 0 Å². The summed E-state index contributed by atoms with van der Waals surface area (Å²) < 4.78 is 19.9. The minimum atomic E-state index is -0.140. The van der Waals surface area contributed by atoms with E-state index in [0.717, 1.165) is 42.2 Å². The van der Waals surface area contributed by atoms with Crippen LogP contribution in [0.4, 0.5) is 4.39 Å². The molecule has 2 unspecified atom stereocenters. The lowest BCUT2D eigenvalue weighted by Crippen LogP contribution is -2.39. The van der Waals surface area contributed by atoms with Crippen LogP contribution in [-0.4, -0.2) is 30.8 Å². The summed E-state index contributed by atoms with van der Waals surface area (Å²) in [4.78, 5) is 0. The normalized spacial score (nSPS) is 21.3. The van der Waals surface area contributed by atoms with Gasteiger partial charge in [-0.05, 0) is 26.0 Å². The topological polar surface area (TPSA) is 21.3 Å². The molecule has 0 aliphatic carbocycles. The highest BCUT2D eigenvalue weighted by Crippen LogP contribution is 2.28. The number of hydrogen-bond donors (Lipinski definition) is 1. The first-order valence-corrected chi connectivity index (χ1v) is 8.06. The molecule has 2 rings (SSSR count). The monoisotopic (exact) mass is 283 g/mol. The van der Waals surface area contributed by atoms with Gasteiger partial charge in [0, 0.05) is 17.1 Å². The quantitative estimate of drug-likeness (QED) is 0.896. The van der Waals surface area contributed by atoms with Gasteiger partial charge in [0.2, 0.25) is 0 Å². The van der Waals surface area contributed by atoms with E-state index in [2.05, 4.69) is 12.2 Å². The summed E-state index contributed by atoms with van der Waals surface area (Å²) >= 11 is 1.88. The number of hydrogen-bond acceptors (Lipinski definition) is 3. The van der Waals surface area contributed by atoms with Crippen molar-refractivity contribution in [3.05, 3.63) is 35.1 Å². The third kappa shape index (κ3) is 3.94. The molecule has 1 aromatic rings. The van der Waals surface area contributed by atoms with Crippen molar-refractivity contribution in [1.82, 2.24) is 5.32 Å². The van der Waals surface area contributed by atoms with Crippen LogP contribution in [-0.2, 0) is 4.74 Å². The molecule has 0 spiro atoms. The van der Waals surface area contributed by atoms with E-state index in [1.165, 1.54) is 0 Å². The fraction of sp³-hybridized carbons (Fsp3) is 0.600. The highest BCUT2D eigenvalue weighted by Gasteiger charge is 2.27.